The van der Waals surface area contributed by atoms with Crippen molar-refractivity contribution in [1.82, 2.24) is 15.3 Å². The summed E-state index contributed by atoms with van der Waals surface area (Å²) in [5.74, 6) is 1.09. The van der Waals surface area contributed by atoms with Crippen LogP contribution in [0.1, 0.15) is 29.5 Å². The smallest absolute Gasteiger partial charge is 0.416 e. The molecule has 0 unspecified atom stereocenters. The number of hydrogen-bond acceptors (Lipinski definition) is 7. The number of methoxy groups -OCH3 is 1. The second-order valence-corrected chi connectivity index (χ2v) is 9.82. The van der Waals surface area contributed by atoms with Crippen LogP contribution in [0.15, 0.2) is 54.7 Å². The molecule has 4 aromatic rings. The van der Waals surface area contributed by atoms with Crippen LogP contribution < -0.4 is 20.1 Å². The third kappa shape index (κ3) is 4.63. The summed E-state index contributed by atoms with van der Waals surface area (Å²) in [6.07, 6.45) is -0.845. The molecule has 3 heterocycles. The zero-order valence-electron chi connectivity index (χ0n) is 21.2. The lowest BCUT2D eigenvalue weighted by Crippen LogP contribution is -2.40. The van der Waals surface area contributed by atoms with Crippen molar-refractivity contribution < 1.29 is 27.8 Å². The quantitative estimate of drug-likeness (QED) is 0.307. The van der Waals surface area contributed by atoms with E-state index in [-0.39, 0.29) is 5.75 Å². The van der Waals surface area contributed by atoms with Crippen LogP contribution in [-0.4, -0.2) is 41.9 Å². The van der Waals surface area contributed by atoms with Crippen LogP contribution in [0.4, 0.5) is 24.8 Å². The number of para-hydroxylation sites is 1. The molecule has 0 bridgehead atoms. The molecule has 39 heavy (non-hydrogen) atoms. The van der Waals surface area contributed by atoms with Crippen molar-refractivity contribution in [2.24, 2.45) is 0 Å². The van der Waals surface area contributed by atoms with Crippen LogP contribution in [0, 0.1) is 0 Å². The van der Waals surface area contributed by atoms with Gasteiger partial charge in [-0.15, -0.1) is 0 Å². The van der Waals surface area contributed by atoms with E-state index in [9.17, 15) is 18.3 Å². The molecule has 0 aliphatic carbocycles. The Labute approximate surface area is 223 Å². The summed E-state index contributed by atoms with van der Waals surface area (Å²) in [5.41, 5.74) is 2.57. The van der Waals surface area contributed by atoms with E-state index in [2.05, 4.69) is 15.6 Å². The molecule has 0 spiro atoms. The molecule has 2 aliphatic rings. The molecule has 0 radical (unpaired) electrons. The summed E-state index contributed by atoms with van der Waals surface area (Å²) >= 11 is 0. The maximum atomic E-state index is 13.3. The van der Waals surface area contributed by atoms with Gasteiger partial charge in [0.25, 0.3) is 0 Å². The van der Waals surface area contributed by atoms with Crippen molar-refractivity contribution in [2.45, 2.75) is 31.0 Å². The number of aliphatic hydroxyl groups is 1. The first kappa shape index (κ1) is 25.4. The predicted octanol–water partition coefficient (Wildman–Crippen LogP) is 5.57. The number of anilines is 2. The van der Waals surface area contributed by atoms with Crippen molar-refractivity contribution >= 4 is 22.5 Å². The summed E-state index contributed by atoms with van der Waals surface area (Å²) in [6, 6.07) is 12.7. The number of hydrogen-bond donors (Lipinski definition) is 3. The van der Waals surface area contributed by atoms with Crippen LogP contribution in [0.3, 0.4) is 0 Å². The Kier molecular flexibility index (Phi) is 6.31. The largest absolute Gasteiger partial charge is 0.496 e. The molecule has 1 aromatic heterocycles. The highest BCUT2D eigenvalue weighted by Crippen LogP contribution is 2.44. The highest BCUT2D eigenvalue weighted by atomic mass is 19.4. The van der Waals surface area contributed by atoms with E-state index in [1.54, 1.807) is 18.3 Å². The number of rotatable bonds is 5. The number of piperidine rings is 1. The van der Waals surface area contributed by atoms with Gasteiger partial charge in [0.1, 0.15) is 11.5 Å². The third-order valence-corrected chi connectivity index (χ3v) is 7.47. The SMILES string of the molecule is COc1cc(C(F)(F)F)ccc1-c1cccc2cnc(Nc3ccc(C4(O)CCNCC4)c4c3OCC4)nc12. The predicted molar refractivity (Wildman–Crippen MR) is 141 cm³/mol. The fraction of sp³-hybridized carbons (Fsp3) is 0.310. The van der Waals surface area contributed by atoms with E-state index in [4.69, 9.17) is 14.5 Å². The number of nitrogens with zero attached hydrogens (tertiary/aromatic N) is 2. The number of halogens is 3. The Hall–Kier alpha value is -3.89. The van der Waals surface area contributed by atoms with Crippen molar-refractivity contribution in [2.75, 3.05) is 32.1 Å². The van der Waals surface area contributed by atoms with Crippen molar-refractivity contribution in [1.29, 1.82) is 0 Å². The third-order valence-electron chi connectivity index (χ3n) is 7.47. The van der Waals surface area contributed by atoms with E-state index >= 15 is 0 Å². The highest BCUT2D eigenvalue weighted by molar-refractivity contribution is 5.95. The van der Waals surface area contributed by atoms with Gasteiger partial charge in [-0.05, 0) is 55.8 Å². The van der Waals surface area contributed by atoms with Gasteiger partial charge in [0.05, 0.1) is 36.1 Å². The second-order valence-electron chi connectivity index (χ2n) is 9.82. The monoisotopic (exact) mass is 536 g/mol. The normalized spacial score (nSPS) is 16.5. The van der Waals surface area contributed by atoms with Gasteiger partial charge in [0.15, 0.2) is 0 Å². The first-order valence-electron chi connectivity index (χ1n) is 12.8. The van der Waals surface area contributed by atoms with Crippen molar-refractivity contribution in [3.05, 3.63) is 71.4 Å². The number of nitrogens with one attached hydrogen (secondary N) is 2. The standard InChI is InChI=1S/C29H27F3N4O3/c1-38-24-15-18(29(30,31)32)5-6-19(24)20-4-2-3-17-16-34-27(36-25(17)20)35-23-8-7-22(21-9-14-39-26(21)23)28(37)10-12-33-13-11-28/h2-8,15-16,33,37H,9-14H2,1H3,(H,34,35,36). The molecule has 3 N–H and O–H groups in total. The Bertz CT molecular complexity index is 1550. The second kappa shape index (κ2) is 9.69. The zero-order chi connectivity index (χ0) is 27.2. The van der Waals surface area contributed by atoms with Gasteiger partial charge < -0.3 is 25.2 Å². The van der Waals surface area contributed by atoms with E-state index in [0.717, 1.165) is 41.7 Å². The molecule has 6 rings (SSSR count). The minimum absolute atomic E-state index is 0.100. The first-order valence-corrected chi connectivity index (χ1v) is 12.8. The topological polar surface area (TPSA) is 88.5 Å². The summed E-state index contributed by atoms with van der Waals surface area (Å²) in [4.78, 5) is 9.19. The van der Waals surface area contributed by atoms with Gasteiger partial charge in [-0.2, -0.15) is 13.2 Å². The molecular formula is C29H27F3N4O3. The number of aromatic nitrogens is 2. The van der Waals surface area contributed by atoms with Crippen LogP contribution in [-0.2, 0) is 18.2 Å². The molecular weight excluding hydrogens is 509 g/mol. The van der Waals surface area contributed by atoms with E-state index in [0.29, 0.717) is 59.9 Å². The lowest BCUT2D eigenvalue weighted by Gasteiger charge is -2.34. The lowest BCUT2D eigenvalue weighted by atomic mass is 9.81. The molecule has 10 heteroatoms. The zero-order valence-corrected chi connectivity index (χ0v) is 21.2. The molecule has 0 saturated carbocycles. The van der Waals surface area contributed by atoms with Gasteiger partial charge >= 0.3 is 6.18 Å². The fourth-order valence-corrected chi connectivity index (χ4v) is 5.48. The summed E-state index contributed by atoms with van der Waals surface area (Å²) in [7, 11) is 1.34. The van der Waals surface area contributed by atoms with Gasteiger partial charge in [0.2, 0.25) is 5.95 Å². The summed E-state index contributed by atoms with van der Waals surface area (Å²) in [6.45, 7) is 2.03. The number of ether oxygens (including phenoxy) is 2. The molecule has 0 atom stereocenters. The molecule has 1 fully saturated rings. The average Bonchev–Trinajstić information content (AvgIpc) is 3.43. The van der Waals surface area contributed by atoms with Crippen LogP contribution in [0.25, 0.3) is 22.0 Å². The van der Waals surface area contributed by atoms with Crippen molar-refractivity contribution in [3.63, 3.8) is 0 Å². The number of fused-ring (bicyclic) bond motifs is 2. The van der Waals surface area contributed by atoms with Crippen LogP contribution in [0.2, 0.25) is 0 Å². The average molecular weight is 537 g/mol. The Morgan fingerprint density at radius 3 is 2.67 bits per heavy atom. The summed E-state index contributed by atoms with van der Waals surface area (Å²) < 4.78 is 51.2. The molecule has 2 aliphatic heterocycles. The summed E-state index contributed by atoms with van der Waals surface area (Å²) in [5, 5.41) is 18.6. The number of benzene rings is 3. The van der Waals surface area contributed by atoms with Crippen LogP contribution >= 0.6 is 0 Å². The maximum Gasteiger partial charge on any atom is 0.416 e. The van der Waals surface area contributed by atoms with Crippen molar-refractivity contribution in [3.8, 4) is 22.6 Å². The Balaban J connectivity index is 1.38. The van der Waals surface area contributed by atoms with E-state index < -0.39 is 17.3 Å². The molecule has 202 valence electrons. The Morgan fingerprint density at radius 2 is 1.90 bits per heavy atom. The minimum Gasteiger partial charge on any atom is -0.496 e. The van der Waals surface area contributed by atoms with Gasteiger partial charge in [0, 0.05) is 34.7 Å². The lowest BCUT2D eigenvalue weighted by molar-refractivity contribution is -0.137. The molecule has 0 amide bonds. The fourth-order valence-electron chi connectivity index (χ4n) is 5.48. The van der Waals surface area contributed by atoms with Gasteiger partial charge in [-0.25, -0.2) is 9.97 Å². The highest BCUT2D eigenvalue weighted by Gasteiger charge is 2.36. The molecule has 3 aromatic carbocycles. The minimum atomic E-state index is -4.48. The molecule has 7 nitrogen and oxygen atoms in total. The number of alkyl halides is 3. The van der Waals surface area contributed by atoms with E-state index in [1.807, 2.05) is 18.2 Å². The molecule has 1 saturated heterocycles. The maximum absolute atomic E-state index is 13.3. The first-order chi connectivity index (χ1) is 18.8. The van der Waals surface area contributed by atoms with Crippen LogP contribution in [0.5, 0.6) is 11.5 Å². The van der Waals surface area contributed by atoms with E-state index in [1.165, 1.54) is 13.2 Å². The van der Waals surface area contributed by atoms with Gasteiger partial charge in [-0.1, -0.05) is 24.3 Å². The van der Waals surface area contributed by atoms with Gasteiger partial charge in [-0.3, -0.25) is 0 Å². The Morgan fingerprint density at radius 1 is 1.08 bits per heavy atom.